The van der Waals surface area contributed by atoms with Crippen LogP contribution in [0.2, 0.25) is 0 Å². The fourth-order valence-electron chi connectivity index (χ4n) is 2.39. The number of hydrogen-bond acceptors (Lipinski definition) is 3. The summed E-state index contributed by atoms with van der Waals surface area (Å²) in [4.78, 5) is 25.1. The summed E-state index contributed by atoms with van der Waals surface area (Å²) in [7, 11) is 0. The molecule has 2 amide bonds. The standard InChI is InChI=1S/C15H18F3N3O2.ClH/c16-15(17,18)11-7-10(14(23)20-5-2-4-19)8-12(9-11)21-6-1-3-13(21)22;/h7-9H,1-6,19H2,(H,20,23);1H. The molecule has 0 aromatic heterocycles. The third-order valence-corrected chi connectivity index (χ3v) is 3.56. The predicted octanol–water partition coefficient (Wildman–Crippen LogP) is 2.33. The Morgan fingerprint density at radius 1 is 1.29 bits per heavy atom. The van der Waals surface area contributed by atoms with Crippen molar-refractivity contribution in [3.05, 3.63) is 29.3 Å². The molecule has 0 saturated carbocycles. The molecule has 24 heavy (non-hydrogen) atoms. The Bertz CT molecular complexity index is 608. The van der Waals surface area contributed by atoms with Crippen LogP contribution in [0.5, 0.6) is 0 Å². The molecule has 1 saturated heterocycles. The highest BCUT2D eigenvalue weighted by atomic mass is 35.5. The third-order valence-electron chi connectivity index (χ3n) is 3.56. The number of nitrogens with two attached hydrogens (primary N) is 1. The Labute approximate surface area is 143 Å². The normalized spacial score (nSPS) is 14.5. The number of nitrogens with one attached hydrogen (secondary N) is 1. The molecule has 3 N–H and O–H groups in total. The van der Waals surface area contributed by atoms with E-state index < -0.39 is 17.6 Å². The van der Waals surface area contributed by atoms with E-state index in [4.69, 9.17) is 5.73 Å². The summed E-state index contributed by atoms with van der Waals surface area (Å²) in [6, 6.07) is 3.01. The van der Waals surface area contributed by atoms with Gasteiger partial charge in [0.05, 0.1) is 5.56 Å². The van der Waals surface area contributed by atoms with Gasteiger partial charge >= 0.3 is 6.18 Å². The smallest absolute Gasteiger partial charge is 0.352 e. The molecule has 1 heterocycles. The number of nitrogens with zero attached hydrogens (tertiary/aromatic N) is 1. The summed E-state index contributed by atoms with van der Waals surface area (Å²) in [5.74, 6) is -0.851. The van der Waals surface area contributed by atoms with Gasteiger partial charge in [0.2, 0.25) is 5.91 Å². The molecule has 1 aromatic carbocycles. The van der Waals surface area contributed by atoms with Crippen LogP contribution in [0.25, 0.3) is 0 Å². The van der Waals surface area contributed by atoms with Gasteiger partial charge in [0.15, 0.2) is 0 Å². The highest BCUT2D eigenvalue weighted by Crippen LogP contribution is 2.34. The predicted molar refractivity (Wildman–Crippen MR) is 86.3 cm³/mol. The first kappa shape index (κ1) is 20.2. The molecule has 0 bridgehead atoms. The highest BCUT2D eigenvalue weighted by Gasteiger charge is 2.33. The number of carbonyl (C=O) groups is 2. The number of halogens is 4. The fourth-order valence-corrected chi connectivity index (χ4v) is 2.39. The molecule has 0 spiro atoms. The van der Waals surface area contributed by atoms with Crippen LogP contribution in [0.3, 0.4) is 0 Å². The van der Waals surface area contributed by atoms with Gasteiger partial charge in [-0.1, -0.05) is 0 Å². The second-order valence-corrected chi connectivity index (χ2v) is 5.31. The first-order chi connectivity index (χ1) is 10.8. The van der Waals surface area contributed by atoms with Crippen molar-refractivity contribution in [1.29, 1.82) is 0 Å². The monoisotopic (exact) mass is 365 g/mol. The number of rotatable bonds is 5. The maximum absolute atomic E-state index is 13.1. The van der Waals surface area contributed by atoms with Gasteiger partial charge in [-0.25, -0.2) is 0 Å². The van der Waals surface area contributed by atoms with E-state index in [0.29, 0.717) is 32.4 Å². The summed E-state index contributed by atoms with van der Waals surface area (Å²) in [6.45, 7) is 1.01. The van der Waals surface area contributed by atoms with Crippen LogP contribution in [-0.4, -0.2) is 31.4 Å². The van der Waals surface area contributed by atoms with E-state index in [1.807, 2.05) is 0 Å². The minimum atomic E-state index is -4.59. The average molecular weight is 366 g/mol. The lowest BCUT2D eigenvalue weighted by Crippen LogP contribution is -2.28. The van der Waals surface area contributed by atoms with Crippen molar-refractivity contribution in [3.63, 3.8) is 0 Å². The largest absolute Gasteiger partial charge is 0.416 e. The first-order valence-electron chi connectivity index (χ1n) is 7.34. The van der Waals surface area contributed by atoms with Crippen LogP contribution in [0.1, 0.15) is 35.2 Å². The van der Waals surface area contributed by atoms with Crippen molar-refractivity contribution < 1.29 is 22.8 Å². The van der Waals surface area contributed by atoms with Crippen molar-refractivity contribution in [2.75, 3.05) is 24.5 Å². The third kappa shape index (κ3) is 4.85. The zero-order chi connectivity index (χ0) is 17.0. The molecule has 0 atom stereocenters. The molecular weight excluding hydrogens is 347 g/mol. The Morgan fingerprint density at radius 3 is 2.54 bits per heavy atom. The minimum absolute atomic E-state index is 0. The van der Waals surface area contributed by atoms with Crippen molar-refractivity contribution >= 4 is 29.9 Å². The molecule has 1 aliphatic heterocycles. The van der Waals surface area contributed by atoms with Crippen LogP contribution in [-0.2, 0) is 11.0 Å². The van der Waals surface area contributed by atoms with Gasteiger partial charge in [-0.3, -0.25) is 9.59 Å². The lowest BCUT2D eigenvalue weighted by molar-refractivity contribution is -0.137. The van der Waals surface area contributed by atoms with Crippen LogP contribution in [0, 0.1) is 0 Å². The summed E-state index contributed by atoms with van der Waals surface area (Å²) >= 11 is 0. The molecule has 0 aliphatic carbocycles. The molecule has 1 fully saturated rings. The van der Waals surface area contributed by atoms with E-state index in [2.05, 4.69) is 5.32 Å². The molecule has 134 valence electrons. The number of hydrogen-bond donors (Lipinski definition) is 2. The van der Waals surface area contributed by atoms with Crippen molar-refractivity contribution in [3.8, 4) is 0 Å². The van der Waals surface area contributed by atoms with E-state index in [1.165, 1.54) is 11.0 Å². The summed E-state index contributed by atoms with van der Waals surface area (Å²) in [5, 5.41) is 2.52. The molecule has 2 rings (SSSR count). The van der Waals surface area contributed by atoms with Gasteiger partial charge in [0, 0.05) is 30.8 Å². The Kier molecular flexibility index (Phi) is 7.04. The molecule has 9 heteroatoms. The first-order valence-corrected chi connectivity index (χ1v) is 7.34. The maximum atomic E-state index is 13.1. The van der Waals surface area contributed by atoms with Gasteiger partial charge in [-0.2, -0.15) is 13.2 Å². The topological polar surface area (TPSA) is 75.4 Å². The maximum Gasteiger partial charge on any atom is 0.416 e. The second-order valence-electron chi connectivity index (χ2n) is 5.31. The summed E-state index contributed by atoms with van der Waals surface area (Å²) < 4.78 is 39.2. The number of anilines is 1. The molecule has 1 aromatic rings. The van der Waals surface area contributed by atoms with Crippen LogP contribution >= 0.6 is 12.4 Å². The van der Waals surface area contributed by atoms with Crippen LogP contribution < -0.4 is 16.0 Å². The van der Waals surface area contributed by atoms with E-state index >= 15 is 0 Å². The zero-order valence-corrected chi connectivity index (χ0v) is 13.7. The van der Waals surface area contributed by atoms with E-state index in [1.54, 1.807) is 0 Å². The van der Waals surface area contributed by atoms with E-state index in [9.17, 15) is 22.8 Å². The number of benzene rings is 1. The van der Waals surface area contributed by atoms with Gasteiger partial charge in [0.25, 0.3) is 5.91 Å². The molecular formula is C15H19ClF3N3O2. The molecule has 0 radical (unpaired) electrons. The van der Waals surface area contributed by atoms with Gasteiger partial charge < -0.3 is 16.0 Å². The lowest BCUT2D eigenvalue weighted by atomic mass is 10.1. The highest BCUT2D eigenvalue weighted by molar-refractivity contribution is 5.99. The van der Waals surface area contributed by atoms with E-state index in [0.717, 1.165) is 12.1 Å². The van der Waals surface area contributed by atoms with Crippen molar-refractivity contribution in [2.45, 2.75) is 25.4 Å². The van der Waals surface area contributed by atoms with Gasteiger partial charge in [0.1, 0.15) is 0 Å². The van der Waals surface area contributed by atoms with Gasteiger partial charge in [-0.05, 0) is 37.6 Å². The van der Waals surface area contributed by atoms with Crippen LogP contribution in [0.15, 0.2) is 18.2 Å². The lowest BCUT2D eigenvalue weighted by Gasteiger charge is -2.19. The SMILES string of the molecule is Cl.NCCCNC(=O)c1cc(N2CCCC2=O)cc(C(F)(F)F)c1. The number of alkyl halides is 3. The quantitative estimate of drug-likeness (QED) is 0.786. The zero-order valence-electron chi connectivity index (χ0n) is 12.9. The molecule has 5 nitrogen and oxygen atoms in total. The average Bonchev–Trinajstić information content (AvgIpc) is 2.92. The number of carbonyl (C=O) groups excluding carboxylic acids is 2. The van der Waals surface area contributed by atoms with Crippen molar-refractivity contribution in [2.24, 2.45) is 5.73 Å². The minimum Gasteiger partial charge on any atom is -0.352 e. The molecule has 0 unspecified atom stereocenters. The second kappa shape index (κ2) is 8.34. The Hall–Kier alpha value is -1.80. The summed E-state index contributed by atoms with van der Waals surface area (Å²) in [6.07, 6.45) is -3.17. The van der Waals surface area contributed by atoms with Crippen molar-refractivity contribution in [1.82, 2.24) is 5.32 Å². The van der Waals surface area contributed by atoms with Crippen LogP contribution in [0.4, 0.5) is 18.9 Å². The number of amides is 2. The van der Waals surface area contributed by atoms with E-state index in [-0.39, 0.29) is 36.1 Å². The Morgan fingerprint density at radius 2 is 2.00 bits per heavy atom. The molecule has 1 aliphatic rings. The van der Waals surface area contributed by atoms with Gasteiger partial charge in [-0.15, -0.1) is 12.4 Å². The summed E-state index contributed by atoms with van der Waals surface area (Å²) in [5.41, 5.74) is 4.35. The Balaban J connectivity index is 0.00000288. The fraction of sp³-hybridized carbons (Fsp3) is 0.467.